The van der Waals surface area contributed by atoms with Crippen LogP contribution >= 0.6 is 0 Å². The van der Waals surface area contributed by atoms with Gasteiger partial charge in [-0.2, -0.15) is 13.2 Å². The molecule has 1 atom stereocenters. The van der Waals surface area contributed by atoms with Crippen molar-refractivity contribution >= 4 is 12.0 Å². The van der Waals surface area contributed by atoms with Gasteiger partial charge in [-0.3, -0.25) is 0 Å². The summed E-state index contributed by atoms with van der Waals surface area (Å²) in [6.07, 6.45) is -4.19. The van der Waals surface area contributed by atoms with Crippen molar-refractivity contribution in [2.75, 3.05) is 0 Å². The van der Waals surface area contributed by atoms with Crippen molar-refractivity contribution in [1.29, 1.82) is 0 Å². The number of carboxylic acid groups (broad SMARTS) is 1. The van der Waals surface area contributed by atoms with Crippen LogP contribution in [0.5, 0.6) is 0 Å². The molecule has 0 saturated heterocycles. The molecule has 2 amide bonds. The average Bonchev–Trinajstić information content (AvgIpc) is 2.34. The van der Waals surface area contributed by atoms with Crippen LogP contribution in [0.1, 0.15) is 29.4 Å². The van der Waals surface area contributed by atoms with Gasteiger partial charge >= 0.3 is 18.2 Å². The highest BCUT2D eigenvalue weighted by Gasteiger charge is 2.30. The molecular weight excluding hydrogens is 291 g/mol. The number of aromatic nitrogens is 1. The fraction of sp³-hybridized carbons (Fsp3) is 0.417. The zero-order valence-electron chi connectivity index (χ0n) is 11.1. The Hall–Kier alpha value is -2.32. The molecule has 0 saturated carbocycles. The lowest BCUT2D eigenvalue weighted by molar-refractivity contribution is -0.138. The second-order valence-electron chi connectivity index (χ2n) is 4.40. The monoisotopic (exact) mass is 305 g/mol. The van der Waals surface area contributed by atoms with Gasteiger partial charge in [-0.05, 0) is 18.6 Å². The third-order valence-electron chi connectivity index (χ3n) is 2.41. The lowest BCUT2D eigenvalue weighted by Crippen LogP contribution is -2.42. The van der Waals surface area contributed by atoms with Crippen molar-refractivity contribution in [2.45, 2.75) is 32.1 Å². The van der Waals surface area contributed by atoms with E-state index in [1.807, 2.05) is 0 Å². The number of carbonyl (C=O) groups is 2. The van der Waals surface area contributed by atoms with Gasteiger partial charge in [0.1, 0.15) is 5.69 Å². The summed E-state index contributed by atoms with van der Waals surface area (Å²) in [6.45, 7) is 1.27. The molecule has 0 aliphatic carbocycles. The molecule has 116 valence electrons. The molecule has 1 heterocycles. The molecule has 0 spiro atoms. The second kappa shape index (κ2) is 6.91. The fourth-order valence-corrected chi connectivity index (χ4v) is 1.51. The lowest BCUT2D eigenvalue weighted by atomic mass is 10.2. The summed E-state index contributed by atoms with van der Waals surface area (Å²) < 4.78 is 36.2. The van der Waals surface area contributed by atoms with E-state index in [1.54, 1.807) is 0 Å². The van der Waals surface area contributed by atoms with E-state index < -0.39 is 30.6 Å². The Morgan fingerprint density at radius 2 is 2.05 bits per heavy atom. The van der Waals surface area contributed by atoms with Crippen LogP contribution in [0.3, 0.4) is 0 Å². The number of carboxylic acids is 1. The summed E-state index contributed by atoms with van der Waals surface area (Å²) in [5.74, 6) is -1.17. The third-order valence-corrected chi connectivity index (χ3v) is 2.41. The van der Waals surface area contributed by atoms with E-state index in [2.05, 4.69) is 15.6 Å². The number of alkyl halides is 3. The number of hydrogen-bond acceptors (Lipinski definition) is 3. The van der Waals surface area contributed by atoms with Crippen molar-refractivity contribution in [3.05, 3.63) is 29.6 Å². The van der Waals surface area contributed by atoms with Gasteiger partial charge in [-0.15, -0.1) is 0 Å². The Morgan fingerprint density at radius 3 is 2.52 bits per heavy atom. The zero-order valence-corrected chi connectivity index (χ0v) is 11.1. The number of urea groups is 1. The van der Waals surface area contributed by atoms with Gasteiger partial charge in [0, 0.05) is 18.8 Å². The molecule has 0 radical (unpaired) electrons. The molecule has 9 heteroatoms. The number of nitrogens with one attached hydrogen (secondary N) is 2. The minimum Gasteiger partial charge on any atom is -0.477 e. The molecule has 1 aromatic heterocycles. The largest absolute Gasteiger partial charge is 0.477 e. The maximum absolute atomic E-state index is 12.1. The van der Waals surface area contributed by atoms with Gasteiger partial charge in [0.2, 0.25) is 0 Å². The molecule has 0 fully saturated rings. The first-order chi connectivity index (χ1) is 9.67. The summed E-state index contributed by atoms with van der Waals surface area (Å²) in [6, 6.07) is 0.936. The quantitative estimate of drug-likeness (QED) is 0.775. The molecule has 0 aliphatic rings. The van der Waals surface area contributed by atoms with Crippen LogP contribution in [0.15, 0.2) is 18.3 Å². The minimum atomic E-state index is -4.34. The SMILES string of the molecule is CC(CC(F)(F)F)NC(=O)NCc1ccc(C(=O)O)nc1. The zero-order chi connectivity index (χ0) is 16.0. The summed E-state index contributed by atoms with van der Waals surface area (Å²) in [5, 5.41) is 13.2. The molecular formula is C12H14F3N3O3. The Kier molecular flexibility index (Phi) is 5.51. The number of pyridine rings is 1. The number of carbonyl (C=O) groups excluding carboxylic acids is 1. The maximum Gasteiger partial charge on any atom is 0.391 e. The molecule has 0 aromatic carbocycles. The molecule has 0 aliphatic heterocycles. The van der Waals surface area contributed by atoms with E-state index >= 15 is 0 Å². The van der Waals surface area contributed by atoms with E-state index in [9.17, 15) is 22.8 Å². The topological polar surface area (TPSA) is 91.3 Å². The lowest BCUT2D eigenvalue weighted by Gasteiger charge is -2.16. The van der Waals surface area contributed by atoms with E-state index in [1.165, 1.54) is 25.3 Å². The van der Waals surface area contributed by atoms with Crippen molar-refractivity contribution in [1.82, 2.24) is 15.6 Å². The third kappa shape index (κ3) is 6.59. The Balaban J connectivity index is 2.41. The van der Waals surface area contributed by atoms with Crippen LogP contribution < -0.4 is 10.6 Å². The summed E-state index contributed by atoms with van der Waals surface area (Å²) in [5.41, 5.74) is 0.389. The van der Waals surface area contributed by atoms with Crippen LogP contribution in [0.25, 0.3) is 0 Å². The number of rotatable bonds is 5. The van der Waals surface area contributed by atoms with Crippen molar-refractivity contribution in [2.24, 2.45) is 0 Å². The highest BCUT2D eigenvalue weighted by atomic mass is 19.4. The molecule has 1 unspecified atom stereocenters. The molecule has 1 aromatic rings. The van der Waals surface area contributed by atoms with Crippen LogP contribution in [0.4, 0.5) is 18.0 Å². The maximum atomic E-state index is 12.1. The summed E-state index contributed by atoms with van der Waals surface area (Å²) in [7, 11) is 0. The van der Waals surface area contributed by atoms with Crippen LogP contribution in [0, 0.1) is 0 Å². The first kappa shape index (κ1) is 16.7. The van der Waals surface area contributed by atoms with Gasteiger partial charge in [-0.1, -0.05) is 6.07 Å². The number of amides is 2. The molecule has 1 rings (SSSR count). The normalized spacial score (nSPS) is 12.6. The van der Waals surface area contributed by atoms with E-state index in [4.69, 9.17) is 5.11 Å². The predicted octanol–water partition coefficient (Wildman–Crippen LogP) is 1.92. The smallest absolute Gasteiger partial charge is 0.391 e. The molecule has 21 heavy (non-hydrogen) atoms. The summed E-state index contributed by atoms with van der Waals surface area (Å²) >= 11 is 0. The predicted molar refractivity (Wildman–Crippen MR) is 66.7 cm³/mol. The van der Waals surface area contributed by atoms with E-state index in [-0.39, 0.29) is 12.2 Å². The van der Waals surface area contributed by atoms with Gasteiger partial charge in [0.25, 0.3) is 0 Å². The summed E-state index contributed by atoms with van der Waals surface area (Å²) in [4.78, 5) is 25.6. The number of nitrogens with zero attached hydrogens (tertiary/aromatic N) is 1. The van der Waals surface area contributed by atoms with Crippen molar-refractivity contribution in [3.63, 3.8) is 0 Å². The molecule has 0 bridgehead atoms. The van der Waals surface area contributed by atoms with Crippen LogP contribution in [-0.2, 0) is 6.54 Å². The highest BCUT2D eigenvalue weighted by Crippen LogP contribution is 2.21. The van der Waals surface area contributed by atoms with Crippen LogP contribution in [-0.4, -0.2) is 34.3 Å². The first-order valence-corrected chi connectivity index (χ1v) is 5.96. The number of halogens is 3. The van der Waals surface area contributed by atoms with Crippen LogP contribution in [0.2, 0.25) is 0 Å². The Morgan fingerprint density at radius 1 is 1.38 bits per heavy atom. The Labute approximate surface area is 118 Å². The van der Waals surface area contributed by atoms with Gasteiger partial charge < -0.3 is 15.7 Å². The minimum absolute atomic E-state index is 0.0253. The van der Waals surface area contributed by atoms with E-state index in [0.29, 0.717) is 5.56 Å². The first-order valence-electron chi connectivity index (χ1n) is 5.96. The van der Waals surface area contributed by atoms with Gasteiger partial charge in [0.05, 0.1) is 6.42 Å². The van der Waals surface area contributed by atoms with Gasteiger partial charge in [0.15, 0.2) is 0 Å². The second-order valence-corrected chi connectivity index (χ2v) is 4.40. The fourth-order valence-electron chi connectivity index (χ4n) is 1.51. The Bertz CT molecular complexity index is 503. The van der Waals surface area contributed by atoms with Crippen molar-refractivity contribution in [3.8, 4) is 0 Å². The van der Waals surface area contributed by atoms with Gasteiger partial charge in [-0.25, -0.2) is 14.6 Å². The van der Waals surface area contributed by atoms with Crippen molar-refractivity contribution < 1.29 is 27.9 Å². The van der Waals surface area contributed by atoms with E-state index in [0.717, 1.165) is 0 Å². The molecule has 6 nitrogen and oxygen atoms in total. The number of aromatic carboxylic acids is 1. The molecule has 3 N–H and O–H groups in total. The highest BCUT2D eigenvalue weighted by molar-refractivity contribution is 5.85. The standard InChI is InChI=1S/C12H14F3N3O3/c1-7(4-12(13,14)15)18-11(21)17-6-8-2-3-9(10(19)20)16-5-8/h2-3,5,7H,4,6H2,1H3,(H,19,20)(H2,17,18,21). The average molecular weight is 305 g/mol. The number of hydrogen-bond donors (Lipinski definition) is 3.